The summed E-state index contributed by atoms with van der Waals surface area (Å²) in [6.45, 7) is 3.57. The molecule has 6 rings (SSSR count). The zero-order valence-corrected chi connectivity index (χ0v) is 44.7. The number of pyridine rings is 1. The molecule has 1 aliphatic rings. The van der Waals surface area contributed by atoms with E-state index in [0.717, 1.165) is 32.5 Å². The van der Waals surface area contributed by atoms with Crippen molar-refractivity contribution in [2.45, 2.75) is 107 Å². The van der Waals surface area contributed by atoms with Crippen LogP contribution in [0.4, 0.5) is 8.78 Å². The molecule has 0 spiro atoms. The average molecular weight is 1110 g/mol. The second-order valence-electron chi connectivity index (χ2n) is 19.2. The van der Waals surface area contributed by atoms with Gasteiger partial charge in [0.2, 0.25) is 47.3 Å². The monoisotopic (exact) mass is 1110 g/mol. The molecule has 0 aliphatic carbocycles. The third kappa shape index (κ3) is 17.3. The molecule has 8 atom stereocenters. The number of unbranched alkanes of at least 4 members (excludes halogenated alkanes) is 1. The van der Waals surface area contributed by atoms with Crippen LogP contribution in [-0.4, -0.2) is 124 Å². The molecule has 0 saturated carbocycles. The van der Waals surface area contributed by atoms with E-state index in [1.165, 1.54) is 48.8 Å². The lowest BCUT2D eigenvalue weighted by Gasteiger charge is -2.29. The van der Waals surface area contributed by atoms with Crippen LogP contribution in [0.1, 0.15) is 55.4 Å². The van der Waals surface area contributed by atoms with E-state index >= 15 is 0 Å². The fraction of sp³-hybridized carbons (Fsp3) is 0.389. The molecule has 0 radical (unpaired) electrons. The minimum absolute atomic E-state index is 0.0567. The molecule has 416 valence electrons. The highest BCUT2D eigenvalue weighted by Crippen LogP contribution is 2.25. The lowest BCUT2D eigenvalue weighted by atomic mass is 10.00. The number of halogens is 2. The number of aromatic nitrogens is 2. The van der Waals surface area contributed by atoms with Gasteiger partial charge in [0.05, 0.1) is 6.04 Å². The van der Waals surface area contributed by atoms with Crippen LogP contribution in [0, 0.1) is 17.6 Å². The van der Waals surface area contributed by atoms with E-state index in [-0.39, 0.29) is 61.3 Å². The van der Waals surface area contributed by atoms with Crippen molar-refractivity contribution in [1.29, 1.82) is 0 Å². The summed E-state index contributed by atoms with van der Waals surface area (Å²) in [5.74, 6) is -9.19. The predicted molar refractivity (Wildman–Crippen MR) is 293 cm³/mol. The summed E-state index contributed by atoms with van der Waals surface area (Å²) in [4.78, 5) is 121. The van der Waals surface area contributed by atoms with Crippen molar-refractivity contribution in [3.63, 3.8) is 0 Å². The van der Waals surface area contributed by atoms with Crippen LogP contribution in [0.5, 0.6) is 0 Å². The second-order valence-corrected chi connectivity index (χ2v) is 21.7. The summed E-state index contributed by atoms with van der Waals surface area (Å²) >= 11 is 0. The quantitative estimate of drug-likeness (QED) is 0.0439. The van der Waals surface area contributed by atoms with E-state index in [4.69, 9.17) is 17.2 Å². The van der Waals surface area contributed by atoms with E-state index in [9.17, 15) is 47.1 Å². The molecule has 8 amide bonds. The van der Waals surface area contributed by atoms with Crippen LogP contribution in [0.3, 0.4) is 0 Å². The van der Waals surface area contributed by atoms with Crippen molar-refractivity contribution in [3.8, 4) is 0 Å². The maximum atomic E-state index is 14.8. The molecular formula is C54H66F2N12O8S2. The second kappa shape index (κ2) is 29.4. The minimum Gasteiger partial charge on any atom is -0.368 e. The SMILES string of the molecule is CC(C)[C@H]1NC(=O)[C@H](CCCCN)NC(=O)[C@@H](Cc2c[nH]c3ccccc23)NC(=O)[C@H](Cc2cccnc2)NC(=O)[C@@H](NC(=O)[C@@H](N)Cc2ccccc2F)CSSC[C@H](C(=O)N[C@@H](Cc2ccccc2F)C(N)=O)NC1=O. The van der Waals surface area contributed by atoms with E-state index < -0.39 is 113 Å². The Labute approximate surface area is 457 Å². The van der Waals surface area contributed by atoms with Gasteiger partial charge in [0.25, 0.3) is 0 Å². The maximum absolute atomic E-state index is 14.8. The zero-order valence-electron chi connectivity index (χ0n) is 43.1. The average Bonchev–Trinajstić information content (AvgIpc) is 3.86. The standard InChI is InChI=1S/C54H66F2N12O8S2/c1-30(2)46-54(76)67-45(52(74)63-41(47(59)69)24-33-14-4-7-17-37(33)56)29-78-77-28-44(66-48(70)38(58)23-32-13-3-6-16-36(32)55)53(75)64-42(22-31-12-11-21-60-26-31)50(72)65-43(25-34-27-61-39-18-8-5-15-35(34)39)51(73)62-40(49(71)68-46)19-9-10-20-57/h3-8,11-18,21,26-27,30,38,40-46,61H,9-10,19-20,22-25,28-29,57-58H2,1-2H3,(H2,59,69)(H,62,73)(H,63,74)(H,64,75)(H,65,72)(H,66,70)(H,67,76)(H,68,71)/t38-,40-,41-,42-,43+,44-,45+,46+/m0/s1. The number of hydrogen-bond donors (Lipinski definition) is 11. The van der Waals surface area contributed by atoms with E-state index in [1.54, 1.807) is 44.3 Å². The number of H-pyrrole nitrogens is 1. The summed E-state index contributed by atoms with van der Waals surface area (Å²) in [5, 5.41) is 19.7. The van der Waals surface area contributed by atoms with Crippen LogP contribution >= 0.6 is 21.6 Å². The molecule has 78 heavy (non-hydrogen) atoms. The summed E-state index contributed by atoms with van der Waals surface area (Å²) in [7, 11) is 1.95. The van der Waals surface area contributed by atoms with Crippen LogP contribution in [0.25, 0.3) is 10.9 Å². The third-order valence-electron chi connectivity index (χ3n) is 12.9. The number of carbonyl (C=O) groups is 8. The minimum atomic E-state index is -1.48. The first-order valence-corrected chi connectivity index (χ1v) is 27.9. The molecule has 0 unspecified atom stereocenters. The van der Waals surface area contributed by atoms with Gasteiger partial charge in [-0.15, -0.1) is 0 Å². The largest absolute Gasteiger partial charge is 0.368 e. The summed E-state index contributed by atoms with van der Waals surface area (Å²) in [5.41, 5.74) is 20.0. The maximum Gasteiger partial charge on any atom is 0.244 e. The van der Waals surface area contributed by atoms with Crippen molar-refractivity contribution in [3.05, 3.63) is 137 Å². The number of aromatic amines is 1. The van der Waals surface area contributed by atoms with Crippen LogP contribution in [0.2, 0.25) is 0 Å². The lowest BCUT2D eigenvalue weighted by molar-refractivity contribution is -0.136. The predicted octanol–water partition coefficient (Wildman–Crippen LogP) is 1.50. The molecule has 3 aromatic carbocycles. The van der Waals surface area contributed by atoms with Gasteiger partial charge in [-0.25, -0.2) is 8.78 Å². The van der Waals surface area contributed by atoms with Gasteiger partial charge in [-0.3, -0.25) is 43.3 Å². The first-order valence-electron chi connectivity index (χ1n) is 25.4. The van der Waals surface area contributed by atoms with E-state index in [0.29, 0.717) is 24.0 Å². The number of nitrogens with zero attached hydrogens (tertiary/aromatic N) is 1. The Bertz CT molecular complexity index is 2900. The highest BCUT2D eigenvalue weighted by molar-refractivity contribution is 8.76. The van der Waals surface area contributed by atoms with Gasteiger partial charge in [0.1, 0.15) is 53.9 Å². The molecule has 1 saturated heterocycles. The fourth-order valence-corrected chi connectivity index (χ4v) is 10.9. The fourth-order valence-electron chi connectivity index (χ4n) is 8.57. The molecule has 24 heteroatoms. The molecule has 0 bridgehead atoms. The summed E-state index contributed by atoms with van der Waals surface area (Å²) in [6.07, 6.45) is 4.76. The number of carbonyl (C=O) groups excluding carboxylic acids is 8. The first kappa shape index (κ1) is 59.8. The van der Waals surface area contributed by atoms with Gasteiger partial charge in [-0.1, -0.05) is 96.1 Å². The van der Waals surface area contributed by atoms with Crippen LogP contribution in [0.15, 0.2) is 104 Å². The molecule has 1 fully saturated rings. The van der Waals surface area contributed by atoms with Crippen molar-refractivity contribution in [2.24, 2.45) is 23.1 Å². The van der Waals surface area contributed by atoms with Crippen molar-refractivity contribution in [2.75, 3.05) is 18.1 Å². The molecule has 20 nitrogen and oxygen atoms in total. The highest BCUT2D eigenvalue weighted by atomic mass is 33.1. The molecule has 3 heterocycles. The van der Waals surface area contributed by atoms with Gasteiger partial charge in [-0.2, -0.15) is 0 Å². The Morgan fingerprint density at radius 3 is 1.97 bits per heavy atom. The van der Waals surface area contributed by atoms with Crippen LogP contribution in [-0.2, 0) is 64.0 Å². The van der Waals surface area contributed by atoms with Crippen LogP contribution < -0.4 is 54.4 Å². The molecular weight excluding hydrogens is 1050 g/mol. The zero-order chi connectivity index (χ0) is 56.3. The number of para-hydroxylation sites is 1. The number of hydrogen-bond acceptors (Lipinski definition) is 13. The number of primary amides is 1. The molecule has 1 aliphatic heterocycles. The lowest BCUT2D eigenvalue weighted by Crippen LogP contribution is -2.61. The number of amides is 8. The number of nitrogens with two attached hydrogens (primary N) is 3. The number of benzene rings is 3. The van der Waals surface area contributed by atoms with Crippen molar-refractivity contribution in [1.82, 2.24) is 47.2 Å². The van der Waals surface area contributed by atoms with E-state index in [2.05, 4.69) is 47.2 Å². The Balaban J connectivity index is 1.39. The van der Waals surface area contributed by atoms with Gasteiger partial charge in [0.15, 0.2) is 0 Å². The Hall–Kier alpha value is -7.41. The summed E-state index contributed by atoms with van der Waals surface area (Å²) in [6, 6.07) is 10.8. The van der Waals surface area contributed by atoms with Crippen molar-refractivity contribution < 1.29 is 47.1 Å². The Morgan fingerprint density at radius 1 is 0.705 bits per heavy atom. The number of fused-ring (bicyclic) bond motifs is 1. The smallest absolute Gasteiger partial charge is 0.244 e. The Kier molecular flexibility index (Phi) is 22.5. The number of rotatable bonds is 18. The van der Waals surface area contributed by atoms with Gasteiger partial charge in [0, 0.05) is 60.3 Å². The molecule has 2 aromatic heterocycles. The summed E-state index contributed by atoms with van der Waals surface area (Å²) < 4.78 is 29.5. The number of nitrogens with one attached hydrogen (secondary N) is 8. The van der Waals surface area contributed by atoms with E-state index in [1.807, 2.05) is 24.3 Å². The van der Waals surface area contributed by atoms with Gasteiger partial charge in [-0.05, 0) is 84.7 Å². The van der Waals surface area contributed by atoms with Crippen molar-refractivity contribution >= 4 is 79.7 Å². The Morgan fingerprint density at radius 2 is 1.32 bits per heavy atom. The highest BCUT2D eigenvalue weighted by Gasteiger charge is 2.36. The van der Waals surface area contributed by atoms with Gasteiger partial charge < -0.3 is 59.4 Å². The molecule has 14 N–H and O–H groups in total. The first-order chi connectivity index (χ1) is 37.4. The normalized spacial score (nSPS) is 21.0. The molecule has 5 aromatic rings. The topological polar surface area (TPSA) is 328 Å². The third-order valence-corrected chi connectivity index (χ3v) is 15.4. The van der Waals surface area contributed by atoms with Gasteiger partial charge >= 0.3 is 0 Å².